The summed E-state index contributed by atoms with van der Waals surface area (Å²) in [7, 11) is -2.94. The molecule has 1 fully saturated rings. The lowest BCUT2D eigenvalue weighted by Gasteiger charge is -2.26. The van der Waals surface area contributed by atoms with Crippen LogP contribution in [0.3, 0.4) is 0 Å². The van der Waals surface area contributed by atoms with Crippen LogP contribution in [0.2, 0.25) is 0 Å². The first kappa shape index (κ1) is 14.0. The van der Waals surface area contributed by atoms with Crippen LogP contribution < -0.4 is 5.73 Å². The maximum Gasteiger partial charge on any atom is 0.227 e. The second-order valence-corrected chi connectivity index (χ2v) is 7.03. The first-order valence-corrected chi connectivity index (χ1v) is 8.08. The van der Waals surface area contributed by atoms with Gasteiger partial charge in [-0.1, -0.05) is 24.3 Å². The van der Waals surface area contributed by atoms with Crippen molar-refractivity contribution in [1.29, 1.82) is 0 Å². The van der Waals surface area contributed by atoms with Crippen molar-refractivity contribution in [3.05, 3.63) is 35.4 Å². The Morgan fingerprint density at radius 3 is 2.16 bits per heavy atom. The summed E-state index contributed by atoms with van der Waals surface area (Å²) in [5.74, 6) is 0.130. The number of sulfone groups is 1. The zero-order chi connectivity index (χ0) is 13.9. The highest BCUT2D eigenvalue weighted by Gasteiger charge is 2.24. The Kier molecular flexibility index (Phi) is 4.21. The van der Waals surface area contributed by atoms with Crippen LogP contribution in [-0.2, 0) is 27.6 Å². The third kappa shape index (κ3) is 3.78. The molecule has 2 N–H and O–H groups in total. The normalized spacial score (nSPS) is 18.3. The Morgan fingerprint density at radius 2 is 1.63 bits per heavy atom. The Hall–Kier alpha value is -1.40. The summed E-state index contributed by atoms with van der Waals surface area (Å²) in [5, 5.41) is 0. The average molecular weight is 282 g/mol. The van der Waals surface area contributed by atoms with Crippen LogP contribution in [-0.4, -0.2) is 43.8 Å². The molecule has 19 heavy (non-hydrogen) atoms. The zero-order valence-corrected chi connectivity index (χ0v) is 11.5. The number of nitrogens with two attached hydrogens (primary N) is 1. The molecule has 0 unspecified atom stereocenters. The number of carbonyl (C=O) groups excluding carboxylic acids is 1. The third-order valence-electron chi connectivity index (χ3n) is 3.31. The van der Waals surface area contributed by atoms with Gasteiger partial charge in [-0.25, -0.2) is 8.42 Å². The average Bonchev–Trinajstić information content (AvgIpc) is 2.39. The van der Waals surface area contributed by atoms with Crippen LogP contribution in [0.5, 0.6) is 0 Å². The summed E-state index contributed by atoms with van der Waals surface area (Å²) >= 11 is 0. The topological polar surface area (TPSA) is 80.5 Å². The number of hydrogen-bond acceptors (Lipinski definition) is 4. The molecular formula is C13H18N2O3S. The van der Waals surface area contributed by atoms with E-state index in [2.05, 4.69) is 0 Å². The van der Waals surface area contributed by atoms with E-state index in [1.807, 2.05) is 24.3 Å². The van der Waals surface area contributed by atoms with Crippen molar-refractivity contribution in [1.82, 2.24) is 4.90 Å². The number of benzene rings is 1. The van der Waals surface area contributed by atoms with E-state index in [0.29, 0.717) is 26.1 Å². The summed E-state index contributed by atoms with van der Waals surface area (Å²) in [6.45, 7) is 1.10. The maximum absolute atomic E-state index is 12.0. The Bertz CT molecular complexity index is 538. The van der Waals surface area contributed by atoms with Gasteiger partial charge in [-0.2, -0.15) is 0 Å². The van der Waals surface area contributed by atoms with Gasteiger partial charge >= 0.3 is 0 Å². The van der Waals surface area contributed by atoms with Crippen LogP contribution in [0, 0.1) is 0 Å². The molecule has 2 rings (SSSR count). The molecule has 0 aromatic heterocycles. The van der Waals surface area contributed by atoms with Crippen LogP contribution in [0.4, 0.5) is 0 Å². The molecule has 1 aliphatic rings. The van der Waals surface area contributed by atoms with Crippen molar-refractivity contribution in [2.24, 2.45) is 5.73 Å². The van der Waals surface area contributed by atoms with Crippen molar-refractivity contribution in [3.63, 3.8) is 0 Å². The van der Waals surface area contributed by atoms with Crippen LogP contribution in [0.25, 0.3) is 0 Å². The Labute approximate surface area is 113 Å². The van der Waals surface area contributed by atoms with E-state index in [9.17, 15) is 13.2 Å². The van der Waals surface area contributed by atoms with Gasteiger partial charge in [0.2, 0.25) is 5.91 Å². The maximum atomic E-state index is 12.0. The van der Waals surface area contributed by atoms with E-state index in [4.69, 9.17) is 5.73 Å². The summed E-state index contributed by atoms with van der Waals surface area (Å²) in [5.41, 5.74) is 7.47. The summed E-state index contributed by atoms with van der Waals surface area (Å²) in [6.07, 6.45) is 0.310. The van der Waals surface area contributed by atoms with Gasteiger partial charge in [0.1, 0.15) is 0 Å². The minimum Gasteiger partial charge on any atom is -0.340 e. The highest BCUT2D eigenvalue weighted by atomic mass is 32.2. The number of amides is 1. The molecule has 0 saturated carbocycles. The lowest BCUT2D eigenvalue weighted by Crippen LogP contribution is -2.44. The molecular weight excluding hydrogens is 264 g/mol. The van der Waals surface area contributed by atoms with Crippen LogP contribution in [0.15, 0.2) is 24.3 Å². The molecule has 0 atom stereocenters. The van der Waals surface area contributed by atoms with E-state index in [1.165, 1.54) is 0 Å². The fraction of sp³-hybridized carbons (Fsp3) is 0.462. The molecule has 1 heterocycles. The van der Waals surface area contributed by atoms with E-state index < -0.39 is 9.84 Å². The van der Waals surface area contributed by atoms with Crippen LogP contribution >= 0.6 is 0 Å². The smallest absolute Gasteiger partial charge is 0.227 e. The molecule has 104 valence electrons. The predicted octanol–water partition coefficient (Wildman–Crippen LogP) is -0.0552. The number of carbonyl (C=O) groups is 1. The number of hydrogen-bond donors (Lipinski definition) is 1. The first-order valence-electron chi connectivity index (χ1n) is 6.26. The lowest BCUT2D eigenvalue weighted by atomic mass is 10.1. The molecule has 1 amide bonds. The van der Waals surface area contributed by atoms with Crippen molar-refractivity contribution in [2.45, 2.75) is 13.0 Å². The van der Waals surface area contributed by atoms with Gasteiger partial charge in [0.15, 0.2) is 9.84 Å². The summed E-state index contributed by atoms with van der Waals surface area (Å²) in [4.78, 5) is 13.7. The molecule has 0 radical (unpaired) electrons. The zero-order valence-electron chi connectivity index (χ0n) is 10.7. The van der Waals surface area contributed by atoms with Gasteiger partial charge in [-0.15, -0.1) is 0 Å². The first-order chi connectivity index (χ1) is 9.00. The van der Waals surface area contributed by atoms with Gasteiger partial charge in [0, 0.05) is 19.6 Å². The molecule has 6 heteroatoms. The van der Waals surface area contributed by atoms with E-state index in [-0.39, 0.29) is 17.4 Å². The minimum absolute atomic E-state index is 0.0181. The molecule has 5 nitrogen and oxygen atoms in total. The highest BCUT2D eigenvalue weighted by molar-refractivity contribution is 7.91. The van der Waals surface area contributed by atoms with Gasteiger partial charge in [-0.05, 0) is 11.1 Å². The van der Waals surface area contributed by atoms with Gasteiger partial charge in [0.05, 0.1) is 17.9 Å². The van der Waals surface area contributed by atoms with Crippen molar-refractivity contribution in [2.75, 3.05) is 24.6 Å². The molecule has 0 aliphatic carbocycles. The van der Waals surface area contributed by atoms with Crippen molar-refractivity contribution in [3.8, 4) is 0 Å². The van der Waals surface area contributed by atoms with Crippen molar-refractivity contribution >= 4 is 15.7 Å². The second kappa shape index (κ2) is 5.71. The summed E-state index contributed by atoms with van der Waals surface area (Å²) in [6, 6.07) is 7.59. The van der Waals surface area contributed by atoms with Crippen molar-refractivity contribution < 1.29 is 13.2 Å². The third-order valence-corrected chi connectivity index (χ3v) is 4.92. The lowest BCUT2D eigenvalue weighted by molar-refractivity contribution is -0.130. The number of nitrogens with zero attached hydrogens (tertiary/aromatic N) is 1. The van der Waals surface area contributed by atoms with E-state index in [1.54, 1.807) is 4.90 Å². The molecule has 0 bridgehead atoms. The predicted molar refractivity (Wildman–Crippen MR) is 73.3 cm³/mol. The van der Waals surface area contributed by atoms with Gasteiger partial charge in [0.25, 0.3) is 0 Å². The fourth-order valence-electron chi connectivity index (χ4n) is 2.04. The largest absolute Gasteiger partial charge is 0.340 e. The molecule has 1 saturated heterocycles. The van der Waals surface area contributed by atoms with Gasteiger partial charge in [-0.3, -0.25) is 4.79 Å². The molecule has 1 aromatic carbocycles. The summed E-state index contributed by atoms with van der Waals surface area (Å²) < 4.78 is 22.6. The molecule has 1 aliphatic heterocycles. The van der Waals surface area contributed by atoms with E-state index >= 15 is 0 Å². The molecule has 0 spiro atoms. The fourth-order valence-corrected chi connectivity index (χ4v) is 3.24. The number of rotatable bonds is 3. The van der Waals surface area contributed by atoms with Crippen LogP contribution in [0.1, 0.15) is 11.1 Å². The molecule has 1 aromatic rings. The Morgan fingerprint density at radius 1 is 1.11 bits per heavy atom. The second-order valence-electron chi connectivity index (χ2n) is 4.73. The van der Waals surface area contributed by atoms with E-state index in [0.717, 1.165) is 11.1 Å². The van der Waals surface area contributed by atoms with Gasteiger partial charge < -0.3 is 10.6 Å². The standard InChI is InChI=1S/C13H18N2O3S/c14-10-12-3-1-11(2-4-12)9-13(16)15-5-7-19(17,18)8-6-15/h1-4H,5-10,14H2. The quantitative estimate of drug-likeness (QED) is 0.842. The highest BCUT2D eigenvalue weighted by Crippen LogP contribution is 2.09. The SMILES string of the molecule is NCc1ccc(CC(=O)N2CCS(=O)(=O)CC2)cc1. The minimum atomic E-state index is -2.94. The monoisotopic (exact) mass is 282 g/mol. The Balaban J connectivity index is 1.94.